The van der Waals surface area contributed by atoms with Crippen molar-refractivity contribution in [1.82, 2.24) is 10.3 Å². The molecule has 0 aliphatic heterocycles. The van der Waals surface area contributed by atoms with E-state index in [0.29, 0.717) is 6.54 Å². The Hall–Kier alpha value is -2.79. The fourth-order valence-electron chi connectivity index (χ4n) is 3.02. The predicted octanol–water partition coefficient (Wildman–Crippen LogP) is 2.77. The third-order valence-corrected chi connectivity index (χ3v) is 4.57. The minimum Gasteiger partial charge on any atom is -0.497 e. The molecule has 130 valence electrons. The van der Waals surface area contributed by atoms with E-state index in [1.54, 1.807) is 14.0 Å². The van der Waals surface area contributed by atoms with Crippen LogP contribution >= 0.6 is 0 Å². The highest BCUT2D eigenvalue weighted by atomic mass is 16.5. The lowest BCUT2D eigenvalue weighted by Gasteiger charge is -2.20. The number of aromatic amines is 1. The third-order valence-electron chi connectivity index (χ3n) is 4.57. The summed E-state index contributed by atoms with van der Waals surface area (Å²) in [5.41, 5.74) is 8.81. The number of hydrogen-bond donors (Lipinski definition) is 3. The second-order valence-corrected chi connectivity index (χ2v) is 6.15. The van der Waals surface area contributed by atoms with Crippen molar-refractivity contribution in [2.24, 2.45) is 5.73 Å². The number of rotatable bonds is 7. The van der Waals surface area contributed by atoms with Gasteiger partial charge in [0.1, 0.15) is 5.75 Å². The standard InChI is InChI=1S/C20H23N3O2/c1-13(20(21)24)22-11-17(14-7-9-15(25-2)10-8-14)18-12-23-19-6-4-3-5-16(18)19/h3-10,12-13,17,22-23H,11H2,1-2H3,(H2,21,24)/t13-,17+/m1/s1. The number of ether oxygens (including phenoxy) is 1. The predicted molar refractivity (Wildman–Crippen MR) is 99.8 cm³/mol. The van der Waals surface area contributed by atoms with Gasteiger partial charge in [-0.15, -0.1) is 0 Å². The van der Waals surface area contributed by atoms with Crippen LogP contribution in [0.25, 0.3) is 10.9 Å². The Morgan fingerprint density at radius 2 is 1.92 bits per heavy atom. The van der Waals surface area contributed by atoms with Gasteiger partial charge in [-0.05, 0) is 36.2 Å². The Kier molecular flexibility index (Phi) is 5.05. The molecule has 3 rings (SSSR count). The Bertz CT molecular complexity index is 855. The maximum Gasteiger partial charge on any atom is 0.234 e. The smallest absolute Gasteiger partial charge is 0.234 e. The molecule has 0 radical (unpaired) electrons. The molecule has 5 heteroatoms. The van der Waals surface area contributed by atoms with Crippen molar-refractivity contribution in [3.63, 3.8) is 0 Å². The van der Waals surface area contributed by atoms with Crippen LogP contribution in [0.1, 0.15) is 24.0 Å². The number of benzene rings is 2. The van der Waals surface area contributed by atoms with Crippen molar-refractivity contribution in [2.45, 2.75) is 18.9 Å². The number of amides is 1. The summed E-state index contributed by atoms with van der Waals surface area (Å²) in [6, 6.07) is 15.8. The Morgan fingerprint density at radius 1 is 1.20 bits per heavy atom. The van der Waals surface area contributed by atoms with Crippen molar-refractivity contribution in [3.8, 4) is 5.75 Å². The van der Waals surface area contributed by atoms with Crippen molar-refractivity contribution in [2.75, 3.05) is 13.7 Å². The van der Waals surface area contributed by atoms with Crippen LogP contribution < -0.4 is 15.8 Å². The highest BCUT2D eigenvalue weighted by Gasteiger charge is 2.20. The van der Waals surface area contributed by atoms with Gasteiger partial charge in [-0.25, -0.2) is 0 Å². The first-order valence-corrected chi connectivity index (χ1v) is 8.33. The van der Waals surface area contributed by atoms with Crippen LogP contribution in [-0.4, -0.2) is 30.6 Å². The van der Waals surface area contributed by atoms with Gasteiger partial charge in [0.25, 0.3) is 0 Å². The van der Waals surface area contributed by atoms with E-state index < -0.39 is 0 Å². The minimum absolute atomic E-state index is 0.0869. The van der Waals surface area contributed by atoms with Crippen LogP contribution in [0.15, 0.2) is 54.7 Å². The molecule has 0 saturated heterocycles. The van der Waals surface area contributed by atoms with E-state index in [9.17, 15) is 4.79 Å². The first kappa shape index (κ1) is 17.0. The second-order valence-electron chi connectivity index (χ2n) is 6.15. The minimum atomic E-state index is -0.383. The normalized spacial score (nSPS) is 13.5. The van der Waals surface area contributed by atoms with Gasteiger partial charge in [-0.1, -0.05) is 30.3 Å². The number of nitrogens with two attached hydrogens (primary N) is 1. The molecule has 0 spiro atoms. The van der Waals surface area contributed by atoms with Crippen molar-refractivity contribution >= 4 is 16.8 Å². The Morgan fingerprint density at radius 3 is 2.60 bits per heavy atom. The third kappa shape index (κ3) is 3.67. The zero-order valence-corrected chi connectivity index (χ0v) is 14.5. The second kappa shape index (κ2) is 7.40. The molecule has 5 nitrogen and oxygen atoms in total. The maximum atomic E-state index is 11.4. The van der Waals surface area contributed by atoms with E-state index in [0.717, 1.165) is 16.8 Å². The van der Waals surface area contributed by atoms with Crippen LogP contribution in [0.3, 0.4) is 0 Å². The van der Waals surface area contributed by atoms with Gasteiger partial charge in [0.2, 0.25) is 5.91 Å². The van der Waals surface area contributed by atoms with Gasteiger partial charge in [-0.3, -0.25) is 4.79 Å². The van der Waals surface area contributed by atoms with Crippen molar-refractivity contribution in [1.29, 1.82) is 0 Å². The first-order chi connectivity index (χ1) is 12.1. The average molecular weight is 337 g/mol. The summed E-state index contributed by atoms with van der Waals surface area (Å²) in [5.74, 6) is 0.552. The fourth-order valence-corrected chi connectivity index (χ4v) is 3.02. The molecular formula is C20H23N3O2. The van der Waals surface area contributed by atoms with E-state index in [2.05, 4.69) is 34.6 Å². The van der Waals surface area contributed by atoms with Crippen LogP contribution in [0.4, 0.5) is 0 Å². The topological polar surface area (TPSA) is 80.1 Å². The highest BCUT2D eigenvalue weighted by Crippen LogP contribution is 2.31. The maximum absolute atomic E-state index is 11.4. The Balaban J connectivity index is 1.97. The van der Waals surface area contributed by atoms with Crippen molar-refractivity contribution < 1.29 is 9.53 Å². The molecule has 0 saturated carbocycles. The molecule has 1 amide bonds. The van der Waals surface area contributed by atoms with Crippen LogP contribution in [0.2, 0.25) is 0 Å². The molecule has 0 fully saturated rings. The number of H-pyrrole nitrogens is 1. The molecule has 25 heavy (non-hydrogen) atoms. The summed E-state index contributed by atoms with van der Waals surface area (Å²) in [4.78, 5) is 14.7. The fraction of sp³-hybridized carbons (Fsp3) is 0.250. The quantitative estimate of drug-likeness (QED) is 0.620. The van der Waals surface area contributed by atoms with E-state index in [-0.39, 0.29) is 17.9 Å². The summed E-state index contributed by atoms with van der Waals surface area (Å²) in [6.45, 7) is 2.39. The zero-order valence-electron chi connectivity index (χ0n) is 14.5. The van der Waals surface area contributed by atoms with Gasteiger partial charge >= 0.3 is 0 Å². The average Bonchev–Trinajstić information content (AvgIpc) is 3.06. The SMILES string of the molecule is COc1ccc([C@H](CN[C@H](C)C(N)=O)c2c[nH]c3ccccc23)cc1. The lowest BCUT2D eigenvalue weighted by molar-refractivity contribution is -0.119. The summed E-state index contributed by atoms with van der Waals surface area (Å²) in [5, 5.41) is 4.42. The molecule has 2 atom stereocenters. The number of methoxy groups -OCH3 is 1. The van der Waals surface area contributed by atoms with E-state index in [1.807, 2.05) is 30.5 Å². The summed E-state index contributed by atoms with van der Waals surface area (Å²) < 4.78 is 5.26. The molecular weight excluding hydrogens is 314 g/mol. The molecule has 0 bridgehead atoms. The summed E-state index contributed by atoms with van der Waals surface area (Å²) >= 11 is 0. The van der Waals surface area contributed by atoms with Gasteiger partial charge in [0, 0.05) is 29.6 Å². The van der Waals surface area contributed by atoms with Gasteiger partial charge in [0.05, 0.1) is 13.2 Å². The summed E-state index contributed by atoms with van der Waals surface area (Å²) in [7, 11) is 1.66. The van der Waals surface area contributed by atoms with Crippen molar-refractivity contribution in [3.05, 3.63) is 65.9 Å². The van der Waals surface area contributed by atoms with E-state index >= 15 is 0 Å². The monoisotopic (exact) mass is 337 g/mol. The largest absolute Gasteiger partial charge is 0.497 e. The van der Waals surface area contributed by atoms with Crippen LogP contribution in [0.5, 0.6) is 5.75 Å². The van der Waals surface area contributed by atoms with Gasteiger partial charge < -0.3 is 20.8 Å². The molecule has 1 aromatic heterocycles. The van der Waals surface area contributed by atoms with Crippen LogP contribution in [0, 0.1) is 0 Å². The summed E-state index contributed by atoms with van der Waals surface area (Å²) in [6.07, 6.45) is 2.04. The number of fused-ring (bicyclic) bond motifs is 1. The first-order valence-electron chi connectivity index (χ1n) is 8.33. The number of para-hydroxylation sites is 1. The number of nitrogens with one attached hydrogen (secondary N) is 2. The molecule has 1 heterocycles. The number of carbonyl (C=O) groups excluding carboxylic acids is 1. The molecule has 0 aliphatic carbocycles. The molecule has 4 N–H and O–H groups in total. The molecule has 2 aromatic carbocycles. The Labute approximate surface area is 147 Å². The highest BCUT2D eigenvalue weighted by molar-refractivity contribution is 5.84. The van der Waals surface area contributed by atoms with E-state index in [4.69, 9.17) is 10.5 Å². The van der Waals surface area contributed by atoms with Crippen LogP contribution in [-0.2, 0) is 4.79 Å². The lowest BCUT2D eigenvalue weighted by atomic mass is 9.90. The lowest BCUT2D eigenvalue weighted by Crippen LogP contribution is -2.40. The number of primary amides is 1. The van der Waals surface area contributed by atoms with Gasteiger partial charge in [-0.2, -0.15) is 0 Å². The zero-order chi connectivity index (χ0) is 17.8. The molecule has 0 unspecified atom stereocenters. The van der Waals surface area contributed by atoms with Gasteiger partial charge in [0.15, 0.2) is 0 Å². The molecule has 3 aromatic rings. The number of hydrogen-bond acceptors (Lipinski definition) is 3. The number of aromatic nitrogens is 1. The van der Waals surface area contributed by atoms with E-state index in [1.165, 1.54) is 10.9 Å². The molecule has 0 aliphatic rings. The number of carbonyl (C=O) groups is 1.